The summed E-state index contributed by atoms with van der Waals surface area (Å²) in [4.78, 5) is 4.17. The molecule has 0 saturated heterocycles. The van der Waals surface area contributed by atoms with E-state index in [0.717, 1.165) is 5.69 Å². The molecular formula is C11H14FNO. The summed E-state index contributed by atoms with van der Waals surface area (Å²) < 4.78 is 13.5. The fraction of sp³-hybridized carbons (Fsp3) is 0.545. The number of rotatable bonds is 1. The number of nitrogens with zero attached hydrogens (tertiary/aromatic N) is 1. The third kappa shape index (κ3) is 1.52. The number of hydrogen-bond acceptors (Lipinski definition) is 2. The Labute approximate surface area is 82.8 Å². The number of aromatic nitrogens is 1. The van der Waals surface area contributed by atoms with Gasteiger partial charge in [0, 0.05) is 17.7 Å². The Kier molecular flexibility index (Phi) is 2.50. The number of aliphatic hydroxyl groups excluding tert-OH is 1. The fourth-order valence-electron chi connectivity index (χ4n) is 2.09. The van der Waals surface area contributed by atoms with Crippen molar-refractivity contribution in [2.24, 2.45) is 0 Å². The molecule has 0 fully saturated rings. The molecule has 0 aliphatic heterocycles. The van der Waals surface area contributed by atoms with Gasteiger partial charge in [0.05, 0.1) is 11.8 Å². The number of fused-ring (bicyclic) bond motifs is 1. The predicted octanol–water partition coefficient (Wildman–Crippen LogP) is 2.35. The van der Waals surface area contributed by atoms with Gasteiger partial charge in [-0.05, 0) is 25.8 Å². The molecule has 1 aliphatic rings. The van der Waals surface area contributed by atoms with Crippen LogP contribution in [0, 0.1) is 0 Å². The second-order valence-electron chi connectivity index (χ2n) is 3.87. The van der Waals surface area contributed by atoms with E-state index in [1.54, 1.807) is 25.3 Å². The largest absolute Gasteiger partial charge is 0.393 e. The lowest BCUT2D eigenvalue weighted by molar-refractivity contribution is 0.138. The number of aliphatic hydroxyl groups is 1. The van der Waals surface area contributed by atoms with Crippen LogP contribution in [0.15, 0.2) is 18.3 Å². The minimum Gasteiger partial charge on any atom is -0.393 e. The zero-order valence-corrected chi connectivity index (χ0v) is 8.15. The number of hydrogen-bond donors (Lipinski definition) is 1. The van der Waals surface area contributed by atoms with Gasteiger partial charge in [-0.15, -0.1) is 0 Å². The monoisotopic (exact) mass is 195 g/mol. The van der Waals surface area contributed by atoms with E-state index in [9.17, 15) is 9.50 Å². The molecule has 2 rings (SSSR count). The van der Waals surface area contributed by atoms with E-state index < -0.39 is 12.3 Å². The summed E-state index contributed by atoms with van der Waals surface area (Å²) in [6, 6.07) is 3.51. The topological polar surface area (TPSA) is 33.1 Å². The van der Waals surface area contributed by atoms with E-state index in [1.807, 2.05) is 0 Å². The molecular weight excluding hydrogens is 181 g/mol. The van der Waals surface area contributed by atoms with Crippen molar-refractivity contribution in [2.45, 2.75) is 38.0 Å². The lowest BCUT2D eigenvalue weighted by Crippen LogP contribution is -2.22. The van der Waals surface area contributed by atoms with Crippen molar-refractivity contribution >= 4 is 0 Å². The van der Waals surface area contributed by atoms with Crippen molar-refractivity contribution in [1.82, 2.24) is 4.98 Å². The van der Waals surface area contributed by atoms with Crippen molar-refractivity contribution in [3.8, 4) is 0 Å². The Morgan fingerprint density at radius 2 is 2.36 bits per heavy atom. The average molecular weight is 195 g/mol. The summed E-state index contributed by atoms with van der Waals surface area (Å²) in [6.45, 7) is 1.74. The van der Waals surface area contributed by atoms with Crippen LogP contribution in [0.2, 0.25) is 0 Å². The minimum absolute atomic E-state index is 0.00167. The third-order valence-corrected chi connectivity index (χ3v) is 2.87. The van der Waals surface area contributed by atoms with Crippen LogP contribution in [0.25, 0.3) is 0 Å². The molecule has 0 saturated carbocycles. The lowest BCUT2D eigenvalue weighted by atomic mass is 9.83. The van der Waals surface area contributed by atoms with Crippen LogP contribution >= 0.6 is 0 Å². The van der Waals surface area contributed by atoms with Crippen molar-refractivity contribution in [3.63, 3.8) is 0 Å². The normalized spacial score (nSPS) is 28.2. The highest BCUT2D eigenvalue weighted by Crippen LogP contribution is 2.39. The molecule has 3 atom stereocenters. The molecule has 0 radical (unpaired) electrons. The maximum atomic E-state index is 13.5. The average Bonchev–Trinajstić information content (AvgIpc) is 2.18. The highest BCUT2D eigenvalue weighted by atomic mass is 19.1. The standard InChI is InChI=1S/C11H14FNO/c1-7(14)8-4-5-10(12)9-3-2-6-13-11(8)9/h2-3,6-8,10,14H,4-5H2,1H3. The van der Waals surface area contributed by atoms with Gasteiger partial charge >= 0.3 is 0 Å². The van der Waals surface area contributed by atoms with Crippen LogP contribution in [0.1, 0.15) is 43.1 Å². The molecule has 0 amide bonds. The maximum absolute atomic E-state index is 13.5. The lowest BCUT2D eigenvalue weighted by Gasteiger charge is -2.28. The van der Waals surface area contributed by atoms with E-state index in [2.05, 4.69) is 4.98 Å². The molecule has 1 N–H and O–H groups in total. The Balaban J connectivity index is 2.41. The molecule has 1 aromatic rings. The third-order valence-electron chi connectivity index (χ3n) is 2.87. The summed E-state index contributed by atoms with van der Waals surface area (Å²) >= 11 is 0. The van der Waals surface area contributed by atoms with Gasteiger partial charge in [-0.2, -0.15) is 0 Å². The van der Waals surface area contributed by atoms with Crippen LogP contribution in [0.4, 0.5) is 4.39 Å². The molecule has 3 unspecified atom stereocenters. The van der Waals surface area contributed by atoms with Gasteiger partial charge in [-0.1, -0.05) is 6.07 Å². The van der Waals surface area contributed by atoms with E-state index in [-0.39, 0.29) is 5.92 Å². The van der Waals surface area contributed by atoms with Crippen molar-refractivity contribution < 1.29 is 9.50 Å². The molecule has 2 nitrogen and oxygen atoms in total. The van der Waals surface area contributed by atoms with Crippen LogP contribution < -0.4 is 0 Å². The van der Waals surface area contributed by atoms with E-state index >= 15 is 0 Å². The molecule has 1 aromatic heterocycles. The van der Waals surface area contributed by atoms with Crippen molar-refractivity contribution in [3.05, 3.63) is 29.6 Å². The van der Waals surface area contributed by atoms with Gasteiger partial charge in [-0.3, -0.25) is 4.98 Å². The zero-order chi connectivity index (χ0) is 10.1. The van der Waals surface area contributed by atoms with Gasteiger partial charge in [-0.25, -0.2) is 4.39 Å². The molecule has 1 aliphatic carbocycles. The number of halogens is 1. The second-order valence-corrected chi connectivity index (χ2v) is 3.87. The smallest absolute Gasteiger partial charge is 0.127 e. The maximum Gasteiger partial charge on any atom is 0.127 e. The van der Waals surface area contributed by atoms with Gasteiger partial charge in [0.25, 0.3) is 0 Å². The molecule has 14 heavy (non-hydrogen) atoms. The van der Waals surface area contributed by atoms with E-state index in [1.165, 1.54) is 0 Å². The summed E-state index contributed by atoms with van der Waals surface area (Å²) in [5.41, 5.74) is 1.39. The molecule has 0 bridgehead atoms. The molecule has 1 heterocycles. The first-order valence-electron chi connectivity index (χ1n) is 4.97. The highest BCUT2D eigenvalue weighted by molar-refractivity contribution is 5.28. The quantitative estimate of drug-likeness (QED) is 0.746. The van der Waals surface area contributed by atoms with Crippen LogP contribution in [0.3, 0.4) is 0 Å². The Morgan fingerprint density at radius 3 is 3.07 bits per heavy atom. The van der Waals surface area contributed by atoms with Crippen molar-refractivity contribution in [2.75, 3.05) is 0 Å². The van der Waals surface area contributed by atoms with Gasteiger partial charge in [0.2, 0.25) is 0 Å². The minimum atomic E-state index is -0.909. The fourth-order valence-corrected chi connectivity index (χ4v) is 2.09. The van der Waals surface area contributed by atoms with Gasteiger partial charge in [0.15, 0.2) is 0 Å². The Hall–Kier alpha value is -0.960. The number of alkyl halides is 1. The van der Waals surface area contributed by atoms with Gasteiger partial charge in [0.1, 0.15) is 6.17 Å². The highest BCUT2D eigenvalue weighted by Gasteiger charge is 2.30. The molecule has 0 aromatic carbocycles. The molecule has 76 valence electrons. The first-order chi connectivity index (χ1) is 6.70. The van der Waals surface area contributed by atoms with Gasteiger partial charge < -0.3 is 5.11 Å². The Morgan fingerprint density at radius 1 is 1.57 bits per heavy atom. The number of pyridine rings is 1. The first-order valence-corrected chi connectivity index (χ1v) is 4.97. The predicted molar refractivity (Wildman–Crippen MR) is 51.7 cm³/mol. The zero-order valence-electron chi connectivity index (χ0n) is 8.15. The SMILES string of the molecule is CC(O)C1CCC(F)c2cccnc21. The van der Waals surface area contributed by atoms with Crippen LogP contribution in [-0.4, -0.2) is 16.2 Å². The summed E-state index contributed by atoms with van der Waals surface area (Å²) in [7, 11) is 0. The Bertz CT molecular complexity index is 327. The molecule has 0 spiro atoms. The summed E-state index contributed by atoms with van der Waals surface area (Å²) in [5.74, 6) is -0.00167. The second kappa shape index (κ2) is 3.65. The van der Waals surface area contributed by atoms with E-state index in [0.29, 0.717) is 18.4 Å². The summed E-state index contributed by atoms with van der Waals surface area (Å²) in [5, 5.41) is 9.55. The van der Waals surface area contributed by atoms with Crippen LogP contribution in [-0.2, 0) is 0 Å². The molecule has 3 heteroatoms. The summed E-state index contributed by atoms with van der Waals surface area (Å²) in [6.07, 6.45) is 1.48. The first kappa shape index (κ1) is 9.59. The van der Waals surface area contributed by atoms with Crippen molar-refractivity contribution in [1.29, 1.82) is 0 Å². The van der Waals surface area contributed by atoms with Crippen LogP contribution in [0.5, 0.6) is 0 Å². The van der Waals surface area contributed by atoms with E-state index in [4.69, 9.17) is 0 Å².